The van der Waals surface area contributed by atoms with Crippen molar-refractivity contribution in [3.05, 3.63) is 70.8 Å². The summed E-state index contributed by atoms with van der Waals surface area (Å²) in [4.78, 5) is 43.9. The molecule has 1 fully saturated rings. The Bertz CT molecular complexity index is 1270. The SMILES string of the molecule is Cc1ccccc1C(Cc1ccc(C(=N)N)cc1)C(=O)N[C@H](C(=O)N[C@@H](CCCN=C(N)N)C(N)=O)C1CCCCC1.Cl. The van der Waals surface area contributed by atoms with E-state index in [2.05, 4.69) is 15.6 Å². The number of nitrogens with zero attached hydrogens (tertiary/aromatic N) is 1. The highest BCUT2D eigenvalue weighted by atomic mass is 35.5. The van der Waals surface area contributed by atoms with Crippen molar-refractivity contribution < 1.29 is 14.4 Å². The van der Waals surface area contributed by atoms with E-state index < -0.39 is 29.8 Å². The van der Waals surface area contributed by atoms with Crippen LogP contribution in [0.3, 0.4) is 0 Å². The Morgan fingerprint density at radius 3 is 2.16 bits per heavy atom. The molecule has 0 aromatic heterocycles. The molecule has 0 radical (unpaired) electrons. The molecular weight excluding hydrogens is 568 g/mol. The smallest absolute Gasteiger partial charge is 0.243 e. The molecule has 11 nitrogen and oxygen atoms in total. The topological polar surface area (TPSA) is 216 Å². The first kappa shape index (κ1) is 35.1. The molecular formula is C31H45ClN8O3. The van der Waals surface area contributed by atoms with Gasteiger partial charge in [-0.1, -0.05) is 67.8 Å². The van der Waals surface area contributed by atoms with Crippen molar-refractivity contribution in [2.24, 2.45) is 33.8 Å². The average molecular weight is 613 g/mol. The lowest BCUT2D eigenvalue weighted by atomic mass is 9.82. The maximum Gasteiger partial charge on any atom is 0.243 e. The van der Waals surface area contributed by atoms with Gasteiger partial charge in [-0.15, -0.1) is 12.4 Å². The Balaban J connectivity index is 0.00000645. The first-order valence-corrected chi connectivity index (χ1v) is 14.5. The molecule has 0 spiro atoms. The normalized spacial score (nSPS) is 15.2. The number of rotatable bonds is 14. The van der Waals surface area contributed by atoms with Crippen molar-refractivity contribution in [3.8, 4) is 0 Å². The number of nitrogens with two attached hydrogens (primary N) is 4. The second-order valence-electron chi connectivity index (χ2n) is 11.0. The molecule has 2 aromatic rings. The van der Waals surface area contributed by atoms with E-state index in [0.29, 0.717) is 24.9 Å². The van der Waals surface area contributed by atoms with Gasteiger partial charge in [0.1, 0.15) is 17.9 Å². The summed E-state index contributed by atoms with van der Waals surface area (Å²) in [6, 6.07) is 13.2. The van der Waals surface area contributed by atoms with Crippen molar-refractivity contribution in [2.45, 2.75) is 76.3 Å². The summed E-state index contributed by atoms with van der Waals surface area (Å²) >= 11 is 0. The summed E-state index contributed by atoms with van der Waals surface area (Å²) in [5.74, 6) is -2.06. The number of halogens is 1. The number of amides is 3. The number of hydrogen-bond donors (Lipinski definition) is 7. The van der Waals surface area contributed by atoms with Gasteiger partial charge in [-0.2, -0.15) is 0 Å². The molecule has 234 valence electrons. The predicted octanol–water partition coefficient (Wildman–Crippen LogP) is 2.12. The van der Waals surface area contributed by atoms with E-state index in [4.69, 9.17) is 28.3 Å². The molecule has 1 aliphatic carbocycles. The molecule has 1 aliphatic rings. The second-order valence-corrected chi connectivity index (χ2v) is 11.0. The Hall–Kier alpha value is -4.12. The van der Waals surface area contributed by atoms with E-state index in [1.165, 1.54) is 0 Å². The van der Waals surface area contributed by atoms with Gasteiger partial charge in [0, 0.05) is 12.1 Å². The lowest BCUT2D eigenvalue weighted by molar-refractivity contribution is -0.133. The van der Waals surface area contributed by atoms with Crippen molar-refractivity contribution in [1.29, 1.82) is 5.41 Å². The minimum absolute atomic E-state index is 0. The summed E-state index contributed by atoms with van der Waals surface area (Å²) in [6.45, 7) is 2.26. The lowest BCUT2D eigenvalue weighted by Crippen LogP contribution is -2.56. The van der Waals surface area contributed by atoms with Crippen LogP contribution in [0.1, 0.15) is 73.1 Å². The number of benzene rings is 2. The Morgan fingerprint density at radius 2 is 1.58 bits per heavy atom. The molecule has 0 aliphatic heterocycles. The number of guanidine groups is 1. The number of primary amides is 1. The summed E-state index contributed by atoms with van der Waals surface area (Å²) in [6.07, 6.45) is 5.71. The van der Waals surface area contributed by atoms with Crippen molar-refractivity contribution in [1.82, 2.24) is 10.6 Å². The van der Waals surface area contributed by atoms with Gasteiger partial charge >= 0.3 is 0 Å². The fraction of sp³-hybridized carbons (Fsp3) is 0.452. The maximum absolute atomic E-state index is 14.1. The maximum atomic E-state index is 14.1. The summed E-state index contributed by atoms with van der Waals surface area (Å²) in [5, 5.41) is 13.5. The fourth-order valence-corrected chi connectivity index (χ4v) is 5.55. The number of aliphatic imine (C=N–C) groups is 1. The molecule has 3 atom stereocenters. The highest BCUT2D eigenvalue weighted by Crippen LogP contribution is 2.29. The number of nitrogens with one attached hydrogen (secondary N) is 3. The molecule has 2 aromatic carbocycles. The van der Waals surface area contributed by atoms with E-state index >= 15 is 0 Å². The van der Waals surface area contributed by atoms with Gasteiger partial charge in [0.15, 0.2) is 5.96 Å². The van der Waals surface area contributed by atoms with Gasteiger partial charge in [0.25, 0.3) is 0 Å². The molecule has 11 N–H and O–H groups in total. The zero-order chi connectivity index (χ0) is 30.6. The van der Waals surface area contributed by atoms with E-state index in [-0.39, 0.29) is 42.4 Å². The highest BCUT2D eigenvalue weighted by Gasteiger charge is 2.35. The molecule has 12 heteroatoms. The monoisotopic (exact) mass is 612 g/mol. The summed E-state index contributed by atoms with van der Waals surface area (Å²) < 4.78 is 0. The van der Waals surface area contributed by atoms with Crippen molar-refractivity contribution in [3.63, 3.8) is 0 Å². The van der Waals surface area contributed by atoms with Gasteiger partial charge in [0.05, 0.1) is 5.92 Å². The Labute approximate surface area is 259 Å². The standard InChI is InChI=1S/C31H44N8O3.ClH/c1-19-8-5-6-11-23(19)24(18-20-13-15-22(16-14-20)27(32)33)29(41)39-26(21-9-3-2-4-10-21)30(42)38-25(28(34)40)12-7-17-37-31(35)36;/h5-6,8,11,13-16,21,24-26H,2-4,7,9-10,12,17-18H2,1H3,(H3,32,33)(H2,34,40)(H,38,42)(H,39,41)(H4,35,36,37);1H/t24?,25-,26-;/m0./s1. The molecule has 1 saturated carbocycles. The highest BCUT2D eigenvalue weighted by molar-refractivity contribution is 5.95. The predicted molar refractivity (Wildman–Crippen MR) is 172 cm³/mol. The van der Waals surface area contributed by atoms with Gasteiger partial charge < -0.3 is 33.6 Å². The molecule has 3 amide bonds. The average Bonchev–Trinajstić information content (AvgIpc) is 2.96. The number of aryl methyl sites for hydroxylation is 1. The quantitative estimate of drug-likeness (QED) is 0.0962. The van der Waals surface area contributed by atoms with Crippen LogP contribution in [0.25, 0.3) is 0 Å². The third-order valence-corrected chi connectivity index (χ3v) is 7.89. The minimum Gasteiger partial charge on any atom is -0.384 e. The lowest BCUT2D eigenvalue weighted by Gasteiger charge is -2.32. The first-order valence-electron chi connectivity index (χ1n) is 14.5. The van der Waals surface area contributed by atoms with Crippen LogP contribution >= 0.6 is 12.4 Å². The third-order valence-electron chi connectivity index (χ3n) is 7.89. The summed E-state index contributed by atoms with van der Waals surface area (Å²) in [7, 11) is 0. The number of carbonyl (C=O) groups excluding carboxylic acids is 3. The van der Waals surface area contributed by atoms with Crippen LogP contribution in [0.4, 0.5) is 0 Å². The summed E-state index contributed by atoms with van der Waals surface area (Å²) in [5.41, 5.74) is 25.3. The molecule has 0 bridgehead atoms. The molecule has 1 unspecified atom stereocenters. The van der Waals surface area contributed by atoms with Crippen LogP contribution < -0.4 is 33.6 Å². The van der Waals surface area contributed by atoms with Crippen LogP contribution in [0.5, 0.6) is 0 Å². The van der Waals surface area contributed by atoms with Gasteiger partial charge in [0.2, 0.25) is 17.7 Å². The van der Waals surface area contributed by atoms with Crippen LogP contribution in [0, 0.1) is 18.3 Å². The van der Waals surface area contributed by atoms with Gasteiger partial charge in [-0.25, -0.2) is 0 Å². The number of carbonyl (C=O) groups is 3. The first-order chi connectivity index (χ1) is 20.1. The number of hydrogen-bond acceptors (Lipinski definition) is 5. The van der Waals surface area contributed by atoms with E-state index in [0.717, 1.165) is 48.8 Å². The van der Waals surface area contributed by atoms with Crippen LogP contribution in [-0.4, -0.2) is 48.1 Å². The number of amidine groups is 1. The fourth-order valence-electron chi connectivity index (χ4n) is 5.55. The zero-order valence-electron chi connectivity index (χ0n) is 24.7. The largest absolute Gasteiger partial charge is 0.384 e. The van der Waals surface area contributed by atoms with Crippen molar-refractivity contribution in [2.75, 3.05) is 6.54 Å². The molecule has 0 heterocycles. The molecule has 3 rings (SSSR count). The Kier molecular flexibility index (Phi) is 14.0. The van der Waals surface area contributed by atoms with Crippen LogP contribution in [-0.2, 0) is 20.8 Å². The molecule has 43 heavy (non-hydrogen) atoms. The second kappa shape index (κ2) is 17.1. The van der Waals surface area contributed by atoms with Crippen LogP contribution in [0.15, 0.2) is 53.5 Å². The minimum atomic E-state index is -0.915. The third kappa shape index (κ3) is 10.6. The van der Waals surface area contributed by atoms with Crippen LogP contribution in [0.2, 0.25) is 0 Å². The number of nitrogen functional groups attached to an aromatic ring is 1. The van der Waals surface area contributed by atoms with Crippen molar-refractivity contribution >= 4 is 41.9 Å². The van der Waals surface area contributed by atoms with Gasteiger partial charge in [-0.3, -0.25) is 24.8 Å². The van der Waals surface area contributed by atoms with Gasteiger partial charge in [-0.05, 0) is 61.6 Å². The van der Waals surface area contributed by atoms with E-state index in [1.54, 1.807) is 12.1 Å². The zero-order valence-corrected chi connectivity index (χ0v) is 25.5. The van der Waals surface area contributed by atoms with E-state index in [9.17, 15) is 14.4 Å². The van der Waals surface area contributed by atoms with E-state index in [1.807, 2.05) is 43.3 Å². The molecule has 0 saturated heterocycles. The Morgan fingerprint density at radius 1 is 0.930 bits per heavy atom.